The zero-order valence-electron chi connectivity index (χ0n) is 9.91. The maximum Gasteiger partial charge on any atom is 0.286 e. The van der Waals surface area contributed by atoms with Crippen molar-refractivity contribution in [1.29, 1.82) is 0 Å². The van der Waals surface area contributed by atoms with E-state index in [1.165, 1.54) is 18.8 Å². The number of fused-ring (bicyclic) bond motifs is 1. The van der Waals surface area contributed by atoms with Crippen molar-refractivity contribution in [3.05, 3.63) is 28.9 Å². The van der Waals surface area contributed by atoms with Gasteiger partial charge in [0, 0.05) is 25.4 Å². The molecule has 18 heavy (non-hydrogen) atoms. The van der Waals surface area contributed by atoms with Crippen molar-refractivity contribution in [2.24, 2.45) is 0 Å². The van der Waals surface area contributed by atoms with E-state index in [1.54, 1.807) is 6.20 Å². The molecule has 0 unspecified atom stereocenters. The van der Waals surface area contributed by atoms with E-state index < -0.39 is 5.56 Å². The van der Waals surface area contributed by atoms with E-state index in [9.17, 15) is 10.0 Å². The minimum Gasteiger partial charge on any atom is -0.423 e. The Morgan fingerprint density at radius 2 is 2.00 bits per heavy atom. The standard InChI is InChI=1S/C12H14N4O2/c17-11-6-10(15-4-2-1-3-5-15)9-7-13-8-14-12(9)16(11)18/h6-8,18H,1-5H2. The zero-order valence-corrected chi connectivity index (χ0v) is 9.91. The third kappa shape index (κ3) is 1.70. The maximum absolute atomic E-state index is 11.7. The van der Waals surface area contributed by atoms with E-state index in [1.807, 2.05) is 0 Å². The van der Waals surface area contributed by atoms with Gasteiger partial charge < -0.3 is 10.1 Å². The second kappa shape index (κ2) is 4.29. The lowest BCUT2D eigenvalue weighted by Crippen LogP contribution is -2.31. The number of nitrogens with zero attached hydrogens (tertiary/aromatic N) is 4. The summed E-state index contributed by atoms with van der Waals surface area (Å²) in [6.07, 6.45) is 6.43. The molecule has 1 aliphatic rings. The summed E-state index contributed by atoms with van der Waals surface area (Å²) in [4.78, 5) is 21.8. The van der Waals surface area contributed by atoms with Crippen molar-refractivity contribution < 1.29 is 5.21 Å². The Bertz CT molecular complexity index is 632. The second-order valence-electron chi connectivity index (χ2n) is 4.49. The number of anilines is 1. The number of aromatic nitrogens is 3. The van der Waals surface area contributed by atoms with Gasteiger partial charge in [-0.25, -0.2) is 9.97 Å². The van der Waals surface area contributed by atoms with Crippen LogP contribution in [-0.4, -0.2) is 33.0 Å². The normalized spacial score (nSPS) is 16.1. The van der Waals surface area contributed by atoms with E-state index in [0.717, 1.165) is 31.6 Å². The largest absolute Gasteiger partial charge is 0.423 e. The molecular weight excluding hydrogens is 232 g/mol. The molecule has 2 aromatic heterocycles. The Hall–Kier alpha value is -2.11. The molecule has 6 nitrogen and oxygen atoms in total. The van der Waals surface area contributed by atoms with E-state index >= 15 is 0 Å². The third-order valence-electron chi connectivity index (χ3n) is 3.33. The van der Waals surface area contributed by atoms with Crippen molar-refractivity contribution in [3.8, 4) is 0 Å². The molecule has 94 valence electrons. The molecule has 1 saturated heterocycles. The average molecular weight is 246 g/mol. The molecule has 0 aliphatic carbocycles. The number of piperidine rings is 1. The first-order chi connectivity index (χ1) is 8.77. The molecule has 2 aromatic rings. The van der Waals surface area contributed by atoms with Crippen LogP contribution in [0.3, 0.4) is 0 Å². The van der Waals surface area contributed by atoms with Gasteiger partial charge in [-0.1, -0.05) is 0 Å². The summed E-state index contributed by atoms with van der Waals surface area (Å²) >= 11 is 0. The number of pyridine rings is 1. The lowest BCUT2D eigenvalue weighted by molar-refractivity contribution is 0.186. The zero-order chi connectivity index (χ0) is 12.5. The van der Waals surface area contributed by atoms with Crippen LogP contribution in [0, 0.1) is 0 Å². The molecular formula is C12H14N4O2. The summed E-state index contributed by atoms with van der Waals surface area (Å²) < 4.78 is 0.574. The Labute approximate surface area is 103 Å². The molecule has 0 atom stereocenters. The summed E-state index contributed by atoms with van der Waals surface area (Å²) in [6, 6.07) is 1.46. The van der Waals surface area contributed by atoms with Crippen LogP contribution in [0.15, 0.2) is 23.4 Å². The van der Waals surface area contributed by atoms with Crippen LogP contribution in [0.4, 0.5) is 5.69 Å². The summed E-state index contributed by atoms with van der Waals surface area (Å²) in [5.74, 6) is 0. The van der Waals surface area contributed by atoms with Gasteiger partial charge in [-0.15, -0.1) is 4.73 Å². The minimum absolute atomic E-state index is 0.262. The Kier molecular flexibility index (Phi) is 2.62. The Morgan fingerprint density at radius 1 is 1.22 bits per heavy atom. The van der Waals surface area contributed by atoms with Gasteiger partial charge in [0.15, 0.2) is 5.65 Å². The highest BCUT2D eigenvalue weighted by atomic mass is 16.5. The first-order valence-electron chi connectivity index (χ1n) is 6.07. The van der Waals surface area contributed by atoms with Gasteiger partial charge in [0.05, 0.1) is 11.1 Å². The van der Waals surface area contributed by atoms with Gasteiger partial charge in [-0.2, -0.15) is 0 Å². The minimum atomic E-state index is -0.457. The predicted octanol–water partition coefficient (Wildman–Crippen LogP) is 1.02. The Balaban J connectivity index is 2.22. The van der Waals surface area contributed by atoms with Crippen LogP contribution in [0.25, 0.3) is 11.0 Å². The lowest BCUT2D eigenvalue weighted by Gasteiger charge is -2.29. The first kappa shape index (κ1) is 11.0. The summed E-state index contributed by atoms with van der Waals surface area (Å²) in [6.45, 7) is 1.86. The van der Waals surface area contributed by atoms with E-state index in [2.05, 4.69) is 14.9 Å². The van der Waals surface area contributed by atoms with Crippen LogP contribution >= 0.6 is 0 Å². The molecule has 3 heterocycles. The van der Waals surface area contributed by atoms with E-state index in [0.29, 0.717) is 10.1 Å². The quantitative estimate of drug-likeness (QED) is 0.761. The third-order valence-corrected chi connectivity index (χ3v) is 3.33. The van der Waals surface area contributed by atoms with Crippen molar-refractivity contribution in [2.75, 3.05) is 18.0 Å². The fraction of sp³-hybridized carbons (Fsp3) is 0.417. The van der Waals surface area contributed by atoms with Crippen molar-refractivity contribution >= 4 is 16.7 Å². The topological polar surface area (TPSA) is 71.2 Å². The fourth-order valence-electron chi connectivity index (χ4n) is 2.43. The smallest absolute Gasteiger partial charge is 0.286 e. The molecule has 0 aromatic carbocycles. The SMILES string of the molecule is O=c1cc(N2CCCCC2)c2cncnc2n1O. The highest BCUT2D eigenvalue weighted by molar-refractivity contribution is 5.88. The molecule has 3 rings (SSSR count). The van der Waals surface area contributed by atoms with Crippen molar-refractivity contribution in [2.45, 2.75) is 19.3 Å². The fourth-order valence-corrected chi connectivity index (χ4v) is 2.43. The highest BCUT2D eigenvalue weighted by Crippen LogP contribution is 2.25. The Morgan fingerprint density at radius 3 is 2.78 bits per heavy atom. The molecule has 6 heteroatoms. The van der Waals surface area contributed by atoms with Gasteiger partial charge >= 0.3 is 0 Å². The number of rotatable bonds is 1. The second-order valence-corrected chi connectivity index (χ2v) is 4.49. The predicted molar refractivity (Wildman–Crippen MR) is 67.0 cm³/mol. The van der Waals surface area contributed by atoms with Gasteiger partial charge in [0.2, 0.25) is 0 Å². The molecule has 1 N–H and O–H groups in total. The maximum atomic E-state index is 11.7. The van der Waals surface area contributed by atoms with Crippen LogP contribution < -0.4 is 10.5 Å². The molecule has 0 spiro atoms. The first-order valence-corrected chi connectivity index (χ1v) is 6.07. The number of hydrogen-bond acceptors (Lipinski definition) is 5. The van der Waals surface area contributed by atoms with E-state index in [4.69, 9.17) is 0 Å². The number of hydrogen-bond donors (Lipinski definition) is 1. The van der Waals surface area contributed by atoms with Crippen LogP contribution in [0.5, 0.6) is 0 Å². The van der Waals surface area contributed by atoms with Crippen LogP contribution in [0.1, 0.15) is 19.3 Å². The molecule has 1 fully saturated rings. The summed E-state index contributed by atoms with van der Waals surface area (Å²) in [5, 5.41) is 10.4. The van der Waals surface area contributed by atoms with Crippen molar-refractivity contribution in [1.82, 2.24) is 14.7 Å². The monoisotopic (exact) mass is 246 g/mol. The van der Waals surface area contributed by atoms with Crippen molar-refractivity contribution in [3.63, 3.8) is 0 Å². The van der Waals surface area contributed by atoms with Gasteiger partial charge in [0.1, 0.15) is 6.33 Å². The summed E-state index contributed by atoms with van der Waals surface area (Å²) in [5.41, 5.74) is 0.625. The van der Waals surface area contributed by atoms with Gasteiger partial charge in [0.25, 0.3) is 5.56 Å². The average Bonchev–Trinajstić information content (AvgIpc) is 2.44. The molecule has 1 aliphatic heterocycles. The van der Waals surface area contributed by atoms with Crippen LogP contribution in [0.2, 0.25) is 0 Å². The van der Waals surface area contributed by atoms with Gasteiger partial charge in [-0.3, -0.25) is 4.79 Å². The highest BCUT2D eigenvalue weighted by Gasteiger charge is 2.17. The van der Waals surface area contributed by atoms with Gasteiger partial charge in [-0.05, 0) is 19.3 Å². The summed E-state index contributed by atoms with van der Waals surface area (Å²) in [7, 11) is 0. The lowest BCUT2D eigenvalue weighted by atomic mass is 10.1. The molecule has 0 amide bonds. The molecule has 0 saturated carbocycles. The van der Waals surface area contributed by atoms with Crippen LogP contribution in [-0.2, 0) is 0 Å². The van der Waals surface area contributed by atoms with E-state index in [-0.39, 0.29) is 5.65 Å². The molecule has 0 radical (unpaired) electrons. The molecule has 0 bridgehead atoms.